The summed E-state index contributed by atoms with van der Waals surface area (Å²) in [6.45, 7) is 0. The first kappa shape index (κ1) is 12.4. The van der Waals surface area contributed by atoms with Crippen molar-refractivity contribution >= 4 is 23.1 Å². The van der Waals surface area contributed by atoms with Gasteiger partial charge in [0, 0.05) is 7.05 Å². The van der Waals surface area contributed by atoms with Crippen LogP contribution in [0.4, 0.5) is 0 Å². The predicted octanol–water partition coefficient (Wildman–Crippen LogP) is 0.424. The molecule has 4 nitrogen and oxygen atoms in total. The molecule has 0 saturated heterocycles. The van der Waals surface area contributed by atoms with Gasteiger partial charge in [-0.2, -0.15) is 0 Å². The van der Waals surface area contributed by atoms with Gasteiger partial charge >= 0.3 is 0 Å². The second-order valence-corrected chi connectivity index (χ2v) is 4.59. The van der Waals surface area contributed by atoms with E-state index >= 15 is 0 Å². The molecule has 3 N–H and O–H groups in total. The van der Waals surface area contributed by atoms with Crippen molar-refractivity contribution in [3.05, 3.63) is 0 Å². The molecule has 1 aliphatic rings. The minimum absolute atomic E-state index is 0.0689. The smallest absolute Gasteiger partial charge is 0.229 e. The summed E-state index contributed by atoms with van der Waals surface area (Å²) in [5, 5.41) is 9.76. The molecule has 1 fully saturated rings. The number of thiocarbonyl (C=S) groups is 1. The summed E-state index contributed by atoms with van der Waals surface area (Å²) in [7, 11) is 1.71. The van der Waals surface area contributed by atoms with Gasteiger partial charge in [-0.25, -0.2) is 0 Å². The van der Waals surface area contributed by atoms with Gasteiger partial charge in [-0.1, -0.05) is 25.1 Å². The van der Waals surface area contributed by atoms with Crippen LogP contribution >= 0.6 is 12.2 Å². The standard InChI is InChI=1S/C10H18N2O2S/c1-12(10(14)6-9(11)15)7-4-2-3-5-8(7)13/h7-8,13H,2-6H2,1H3,(H2,11,15). The van der Waals surface area contributed by atoms with Crippen LogP contribution < -0.4 is 5.73 Å². The number of aliphatic hydroxyl groups excluding tert-OH is 1. The van der Waals surface area contributed by atoms with Gasteiger partial charge in [-0.15, -0.1) is 0 Å². The van der Waals surface area contributed by atoms with Gasteiger partial charge in [-0.3, -0.25) is 4.79 Å². The van der Waals surface area contributed by atoms with Gasteiger partial charge in [0.2, 0.25) is 5.91 Å². The van der Waals surface area contributed by atoms with E-state index in [1.165, 1.54) is 0 Å². The SMILES string of the molecule is CN(C(=O)CC(N)=S)C1CCCCC1O. The Balaban J connectivity index is 2.53. The lowest BCUT2D eigenvalue weighted by molar-refractivity contribution is -0.134. The quantitative estimate of drug-likeness (QED) is 0.690. The lowest BCUT2D eigenvalue weighted by Gasteiger charge is -2.35. The topological polar surface area (TPSA) is 66.6 Å². The Kier molecular flexibility index (Phi) is 4.47. The highest BCUT2D eigenvalue weighted by Crippen LogP contribution is 2.22. The highest BCUT2D eigenvalue weighted by molar-refractivity contribution is 7.80. The van der Waals surface area contributed by atoms with Crippen LogP contribution in [0.2, 0.25) is 0 Å². The third-order valence-corrected chi connectivity index (χ3v) is 3.05. The summed E-state index contributed by atoms with van der Waals surface area (Å²) in [5.41, 5.74) is 5.32. The summed E-state index contributed by atoms with van der Waals surface area (Å²) in [4.78, 5) is 13.4. The summed E-state index contributed by atoms with van der Waals surface area (Å²) >= 11 is 4.69. The third kappa shape index (κ3) is 3.43. The monoisotopic (exact) mass is 230 g/mol. The molecule has 2 atom stereocenters. The molecule has 0 radical (unpaired) electrons. The maximum atomic E-state index is 11.6. The zero-order valence-electron chi connectivity index (χ0n) is 8.98. The van der Waals surface area contributed by atoms with Crippen molar-refractivity contribution in [2.45, 2.75) is 44.2 Å². The Bertz CT molecular complexity index is 258. The first-order valence-electron chi connectivity index (χ1n) is 5.24. The molecule has 0 aromatic rings. The number of carbonyl (C=O) groups excluding carboxylic acids is 1. The molecule has 0 spiro atoms. The fourth-order valence-electron chi connectivity index (χ4n) is 2.00. The lowest BCUT2D eigenvalue weighted by Crippen LogP contribution is -2.47. The highest BCUT2D eigenvalue weighted by Gasteiger charge is 2.29. The molecule has 0 aliphatic heterocycles. The van der Waals surface area contributed by atoms with E-state index in [4.69, 9.17) is 5.73 Å². The summed E-state index contributed by atoms with van der Waals surface area (Å²) in [5.74, 6) is -0.103. The molecule has 0 bridgehead atoms. The number of hydrogen-bond donors (Lipinski definition) is 2. The zero-order valence-corrected chi connectivity index (χ0v) is 9.80. The van der Waals surface area contributed by atoms with Gasteiger partial charge < -0.3 is 15.7 Å². The van der Waals surface area contributed by atoms with E-state index in [2.05, 4.69) is 12.2 Å². The van der Waals surface area contributed by atoms with Gasteiger partial charge in [-0.05, 0) is 12.8 Å². The van der Waals surface area contributed by atoms with Crippen molar-refractivity contribution in [1.82, 2.24) is 4.90 Å². The number of nitrogens with zero attached hydrogens (tertiary/aromatic N) is 1. The average Bonchev–Trinajstić information content (AvgIpc) is 2.16. The number of amides is 1. The number of hydrogen-bond acceptors (Lipinski definition) is 3. The molecule has 0 aromatic carbocycles. The van der Waals surface area contributed by atoms with Crippen molar-refractivity contribution in [3.63, 3.8) is 0 Å². The molecule has 15 heavy (non-hydrogen) atoms. The first-order chi connectivity index (χ1) is 7.02. The third-order valence-electron chi connectivity index (χ3n) is 2.91. The fourth-order valence-corrected chi connectivity index (χ4v) is 2.13. The van der Waals surface area contributed by atoms with Crippen LogP contribution in [-0.4, -0.2) is 40.1 Å². The first-order valence-corrected chi connectivity index (χ1v) is 5.65. The maximum Gasteiger partial charge on any atom is 0.229 e. The van der Waals surface area contributed by atoms with Crippen LogP contribution in [-0.2, 0) is 4.79 Å². The molecule has 0 heterocycles. The van der Waals surface area contributed by atoms with Gasteiger partial charge in [0.25, 0.3) is 0 Å². The largest absolute Gasteiger partial charge is 0.393 e. The Morgan fingerprint density at radius 1 is 1.53 bits per heavy atom. The molecule has 1 rings (SSSR count). The second-order valence-electron chi connectivity index (χ2n) is 4.07. The highest BCUT2D eigenvalue weighted by atomic mass is 32.1. The van der Waals surface area contributed by atoms with E-state index in [-0.39, 0.29) is 23.4 Å². The summed E-state index contributed by atoms with van der Waals surface area (Å²) < 4.78 is 0. The molecule has 0 aromatic heterocycles. The van der Waals surface area contributed by atoms with Crippen LogP contribution in [0.25, 0.3) is 0 Å². The van der Waals surface area contributed by atoms with E-state index in [1.807, 2.05) is 0 Å². The minimum atomic E-state index is -0.404. The van der Waals surface area contributed by atoms with E-state index in [0.717, 1.165) is 25.7 Å². The van der Waals surface area contributed by atoms with Crippen LogP contribution in [0.3, 0.4) is 0 Å². The lowest BCUT2D eigenvalue weighted by atomic mass is 9.91. The van der Waals surface area contributed by atoms with Crippen LogP contribution in [0, 0.1) is 0 Å². The van der Waals surface area contributed by atoms with Gasteiger partial charge in [0.05, 0.1) is 23.6 Å². The normalized spacial score (nSPS) is 26.0. The number of carbonyl (C=O) groups is 1. The van der Waals surface area contributed by atoms with Crippen molar-refractivity contribution in [2.75, 3.05) is 7.05 Å². The zero-order chi connectivity index (χ0) is 11.4. The Morgan fingerprint density at radius 2 is 2.13 bits per heavy atom. The predicted molar refractivity (Wildman–Crippen MR) is 62.4 cm³/mol. The van der Waals surface area contributed by atoms with E-state index in [9.17, 15) is 9.90 Å². The minimum Gasteiger partial charge on any atom is -0.393 e. The van der Waals surface area contributed by atoms with Crippen molar-refractivity contribution in [3.8, 4) is 0 Å². The van der Waals surface area contributed by atoms with Crippen molar-refractivity contribution in [2.24, 2.45) is 5.73 Å². The van der Waals surface area contributed by atoms with Crippen molar-refractivity contribution < 1.29 is 9.90 Å². The molecule has 5 heteroatoms. The number of rotatable bonds is 3. The Labute approximate surface area is 95.4 Å². The molecule has 1 saturated carbocycles. The molecule has 86 valence electrons. The number of likely N-dealkylation sites (N-methyl/N-ethyl adjacent to an activating group) is 1. The average molecular weight is 230 g/mol. The second kappa shape index (κ2) is 5.42. The molecular formula is C10H18N2O2S. The van der Waals surface area contributed by atoms with Crippen molar-refractivity contribution in [1.29, 1.82) is 0 Å². The molecule has 2 unspecified atom stereocenters. The Hall–Kier alpha value is -0.680. The molecule has 1 aliphatic carbocycles. The van der Waals surface area contributed by atoms with E-state index in [0.29, 0.717) is 0 Å². The Morgan fingerprint density at radius 3 is 2.67 bits per heavy atom. The van der Waals surface area contributed by atoms with Crippen LogP contribution in [0.1, 0.15) is 32.1 Å². The van der Waals surface area contributed by atoms with E-state index in [1.54, 1.807) is 11.9 Å². The van der Waals surface area contributed by atoms with Gasteiger partial charge in [0.1, 0.15) is 0 Å². The fraction of sp³-hybridized carbons (Fsp3) is 0.800. The number of aliphatic hydroxyl groups is 1. The maximum absolute atomic E-state index is 11.6. The number of nitrogens with two attached hydrogens (primary N) is 1. The summed E-state index contributed by atoms with van der Waals surface area (Å²) in [6, 6.07) is -0.0689. The van der Waals surface area contributed by atoms with Crippen LogP contribution in [0.5, 0.6) is 0 Å². The van der Waals surface area contributed by atoms with E-state index < -0.39 is 6.10 Å². The molecule has 1 amide bonds. The van der Waals surface area contributed by atoms with Crippen LogP contribution in [0.15, 0.2) is 0 Å². The summed E-state index contributed by atoms with van der Waals surface area (Å²) in [6.07, 6.45) is 3.42. The molecular weight excluding hydrogens is 212 g/mol. The van der Waals surface area contributed by atoms with Gasteiger partial charge in [0.15, 0.2) is 0 Å².